The van der Waals surface area contributed by atoms with Crippen LogP contribution in [0.3, 0.4) is 0 Å². The lowest BCUT2D eigenvalue weighted by molar-refractivity contribution is 0.473. The van der Waals surface area contributed by atoms with Gasteiger partial charge in [0.05, 0.1) is 6.54 Å². The van der Waals surface area contributed by atoms with Crippen LogP contribution in [0.5, 0.6) is 0 Å². The van der Waals surface area contributed by atoms with Crippen LogP contribution in [0.15, 0.2) is 59.0 Å². The van der Waals surface area contributed by atoms with E-state index in [2.05, 4.69) is 30.4 Å². The van der Waals surface area contributed by atoms with Crippen LogP contribution in [0, 0.1) is 0 Å². The van der Waals surface area contributed by atoms with Crippen LogP contribution in [0.2, 0.25) is 5.02 Å². The molecule has 0 saturated heterocycles. The standard InChI is InChI=1S/C18H18ClNO/c1-13(10-14-6-2-4-8-17(14)19)20-12-16-11-15-7-3-5-9-18(15)21-16/h2-9,11,13,20H,10,12H2,1H3. The number of nitrogens with one attached hydrogen (secondary N) is 1. The van der Waals surface area contributed by atoms with E-state index in [-0.39, 0.29) is 0 Å². The van der Waals surface area contributed by atoms with E-state index in [0.29, 0.717) is 6.04 Å². The van der Waals surface area contributed by atoms with Gasteiger partial charge in [0.25, 0.3) is 0 Å². The SMILES string of the molecule is CC(Cc1ccccc1Cl)NCc1cc2ccccc2o1. The molecule has 2 nitrogen and oxygen atoms in total. The Morgan fingerprint density at radius 1 is 1.10 bits per heavy atom. The van der Waals surface area contributed by atoms with E-state index in [1.807, 2.05) is 36.4 Å². The number of rotatable bonds is 5. The predicted octanol–water partition coefficient (Wildman–Crippen LogP) is 4.81. The van der Waals surface area contributed by atoms with Crippen molar-refractivity contribution in [2.24, 2.45) is 0 Å². The Hall–Kier alpha value is -1.77. The molecule has 108 valence electrons. The summed E-state index contributed by atoms with van der Waals surface area (Å²) >= 11 is 6.19. The van der Waals surface area contributed by atoms with Gasteiger partial charge in [-0.2, -0.15) is 0 Å². The number of halogens is 1. The summed E-state index contributed by atoms with van der Waals surface area (Å²) in [5, 5.41) is 5.46. The topological polar surface area (TPSA) is 25.2 Å². The van der Waals surface area contributed by atoms with E-state index in [1.54, 1.807) is 0 Å². The predicted molar refractivity (Wildman–Crippen MR) is 87.7 cm³/mol. The number of hydrogen-bond acceptors (Lipinski definition) is 2. The van der Waals surface area contributed by atoms with Gasteiger partial charge in [0.15, 0.2) is 0 Å². The van der Waals surface area contributed by atoms with Crippen LogP contribution in [-0.2, 0) is 13.0 Å². The maximum Gasteiger partial charge on any atom is 0.134 e. The maximum absolute atomic E-state index is 6.19. The van der Waals surface area contributed by atoms with Crippen LogP contribution in [0.4, 0.5) is 0 Å². The number of fused-ring (bicyclic) bond motifs is 1. The molecule has 1 heterocycles. The van der Waals surface area contributed by atoms with Gasteiger partial charge in [-0.25, -0.2) is 0 Å². The fourth-order valence-corrected chi connectivity index (χ4v) is 2.68. The summed E-state index contributed by atoms with van der Waals surface area (Å²) in [6.45, 7) is 2.88. The highest BCUT2D eigenvalue weighted by Gasteiger charge is 2.08. The maximum atomic E-state index is 6.19. The molecule has 1 unspecified atom stereocenters. The quantitative estimate of drug-likeness (QED) is 0.731. The Morgan fingerprint density at radius 2 is 1.86 bits per heavy atom. The molecule has 1 N–H and O–H groups in total. The minimum Gasteiger partial charge on any atom is -0.460 e. The summed E-state index contributed by atoms with van der Waals surface area (Å²) in [4.78, 5) is 0. The molecular formula is C18H18ClNO. The van der Waals surface area contributed by atoms with E-state index in [9.17, 15) is 0 Å². The number of benzene rings is 2. The molecule has 0 radical (unpaired) electrons. The van der Waals surface area contributed by atoms with Crippen molar-refractivity contribution in [1.29, 1.82) is 0 Å². The Morgan fingerprint density at radius 3 is 2.67 bits per heavy atom. The van der Waals surface area contributed by atoms with E-state index < -0.39 is 0 Å². The van der Waals surface area contributed by atoms with Crippen LogP contribution < -0.4 is 5.32 Å². The first-order valence-electron chi connectivity index (χ1n) is 7.16. The molecule has 0 aliphatic rings. The van der Waals surface area contributed by atoms with Gasteiger partial charge < -0.3 is 9.73 Å². The highest BCUT2D eigenvalue weighted by molar-refractivity contribution is 6.31. The highest BCUT2D eigenvalue weighted by atomic mass is 35.5. The van der Waals surface area contributed by atoms with Crippen molar-refractivity contribution in [3.05, 3.63) is 70.9 Å². The van der Waals surface area contributed by atoms with Crippen molar-refractivity contribution < 1.29 is 4.42 Å². The average molecular weight is 300 g/mol. The van der Waals surface area contributed by atoms with Crippen molar-refractivity contribution in [2.75, 3.05) is 0 Å². The molecule has 0 spiro atoms. The largest absolute Gasteiger partial charge is 0.460 e. The third-order valence-electron chi connectivity index (χ3n) is 3.59. The van der Waals surface area contributed by atoms with Gasteiger partial charge in [-0.15, -0.1) is 0 Å². The smallest absolute Gasteiger partial charge is 0.134 e. The van der Waals surface area contributed by atoms with Gasteiger partial charge in [0.2, 0.25) is 0 Å². The Kier molecular flexibility index (Phi) is 4.28. The van der Waals surface area contributed by atoms with Gasteiger partial charge in [-0.1, -0.05) is 48.0 Å². The fourth-order valence-electron chi connectivity index (χ4n) is 2.46. The van der Waals surface area contributed by atoms with Gasteiger partial charge in [-0.3, -0.25) is 0 Å². The zero-order chi connectivity index (χ0) is 14.7. The van der Waals surface area contributed by atoms with Crippen molar-refractivity contribution >= 4 is 22.6 Å². The second kappa shape index (κ2) is 6.33. The van der Waals surface area contributed by atoms with Crippen molar-refractivity contribution in [2.45, 2.75) is 25.9 Å². The molecule has 21 heavy (non-hydrogen) atoms. The monoisotopic (exact) mass is 299 g/mol. The minimum atomic E-state index is 0.332. The molecule has 3 rings (SSSR count). The van der Waals surface area contributed by atoms with Crippen molar-refractivity contribution in [3.63, 3.8) is 0 Å². The van der Waals surface area contributed by atoms with Gasteiger partial charge in [-0.05, 0) is 37.1 Å². The number of hydrogen-bond donors (Lipinski definition) is 1. The van der Waals surface area contributed by atoms with Crippen molar-refractivity contribution in [1.82, 2.24) is 5.32 Å². The number of para-hydroxylation sites is 1. The Bertz CT molecular complexity index is 702. The first kappa shape index (κ1) is 14.2. The first-order chi connectivity index (χ1) is 10.2. The van der Waals surface area contributed by atoms with E-state index in [1.165, 1.54) is 5.56 Å². The third-order valence-corrected chi connectivity index (χ3v) is 3.95. The molecule has 0 bridgehead atoms. The first-order valence-corrected chi connectivity index (χ1v) is 7.54. The second-order valence-corrected chi connectivity index (χ2v) is 5.74. The lowest BCUT2D eigenvalue weighted by Crippen LogP contribution is -2.27. The third kappa shape index (κ3) is 3.46. The summed E-state index contributed by atoms with van der Waals surface area (Å²) in [5.41, 5.74) is 2.11. The molecule has 0 amide bonds. The normalized spacial score (nSPS) is 12.7. The molecule has 3 aromatic rings. The highest BCUT2D eigenvalue weighted by Crippen LogP contribution is 2.19. The fraction of sp³-hybridized carbons (Fsp3) is 0.222. The molecule has 3 heteroatoms. The summed E-state index contributed by atoms with van der Waals surface area (Å²) in [5.74, 6) is 0.960. The molecule has 1 atom stereocenters. The lowest BCUT2D eigenvalue weighted by Gasteiger charge is -2.13. The van der Waals surface area contributed by atoms with Gasteiger partial charge in [0, 0.05) is 16.5 Å². The molecule has 0 fully saturated rings. The average Bonchev–Trinajstić information content (AvgIpc) is 2.90. The van der Waals surface area contributed by atoms with E-state index in [4.69, 9.17) is 16.0 Å². The molecule has 2 aromatic carbocycles. The molecule has 0 aliphatic carbocycles. The Balaban J connectivity index is 1.60. The van der Waals surface area contributed by atoms with Gasteiger partial charge >= 0.3 is 0 Å². The summed E-state index contributed by atoms with van der Waals surface area (Å²) in [6, 6.07) is 18.5. The summed E-state index contributed by atoms with van der Waals surface area (Å²) in [6.07, 6.45) is 0.903. The molecule has 0 aliphatic heterocycles. The van der Waals surface area contributed by atoms with Gasteiger partial charge in [0.1, 0.15) is 11.3 Å². The van der Waals surface area contributed by atoms with Crippen LogP contribution in [0.25, 0.3) is 11.0 Å². The summed E-state index contributed by atoms with van der Waals surface area (Å²) < 4.78 is 5.80. The molecule has 0 saturated carbocycles. The van der Waals surface area contributed by atoms with Crippen LogP contribution >= 0.6 is 11.6 Å². The lowest BCUT2D eigenvalue weighted by atomic mass is 10.1. The second-order valence-electron chi connectivity index (χ2n) is 5.33. The zero-order valence-corrected chi connectivity index (χ0v) is 12.7. The summed E-state index contributed by atoms with van der Waals surface area (Å²) in [7, 11) is 0. The number of furan rings is 1. The van der Waals surface area contributed by atoms with Crippen LogP contribution in [-0.4, -0.2) is 6.04 Å². The minimum absolute atomic E-state index is 0.332. The van der Waals surface area contributed by atoms with Crippen LogP contribution in [0.1, 0.15) is 18.2 Å². The molecular weight excluding hydrogens is 282 g/mol. The van der Waals surface area contributed by atoms with E-state index in [0.717, 1.165) is 34.7 Å². The molecule has 1 aromatic heterocycles. The van der Waals surface area contributed by atoms with Crippen molar-refractivity contribution in [3.8, 4) is 0 Å². The zero-order valence-electron chi connectivity index (χ0n) is 12.0. The van der Waals surface area contributed by atoms with E-state index >= 15 is 0 Å². The Labute approximate surface area is 129 Å².